The zero-order valence-electron chi connectivity index (χ0n) is 27.3. The van der Waals surface area contributed by atoms with Crippen molar-refractivity contribution in [2.24, 2.45) is 17.8 Å². The Bertz CT molecular complexity index is 1600. The van der Waals surface area contributed by atoms with Gasteiger partial charge < -0.3 is 29.7 Å². The maximum atomic E-state index is 15.0. The summed E-state index contributed by atoms with van der Waals surface area (Å²) in [5, 5.41) is 14.2. The Morgan fingerprint density at radius 3 is 2.46 bits per heavy atom. The van der Waals surface area contributed by atoms with E-state index < -0.39 is 65.6 Å². The molecule has 0 saturated carbocycles. The Kier molecular flexibility index (Phi) is 9.79. The Balaban J connectivity index is 1.48. The van der Waals surface area contributed by atoms with Crippen molar-refractivity contribution in [1.82, 2.24) is 10.2 Å². The lowest BCUT2D eigenvalue weighted by Gasteiger charge is -2.40. The number of allylic oxidation sites excluding steroid dienone is 1. The van der Waals surface area contributed by atoms with Crippen molar-refractivity contribution in [1.29, 1.82) is 0 Å². The quantitative estimate of drug-likeness (QED) is 0.344. The van der Waals surface area contributed by atoms with Crippen LogP contribution in [0.1, 0.15) is 51.7 Å². The van der Waals surface area contributed by atoms with Crippen LogP contribution in [0.4, 0.5) is 5.69 Å². The number of cyclic esters (lactones) is 1. The standard InChI is InChI=1S/C37H42ClN3O7/c1-4-22(2)27(21-42)41-33-35(45)40(26-16-14-25(38)15-17-26)20-10-6-9-13-29(43)39-23(3)32(24-11-7-5-8-12-24)47-36(46)30-28-18-19-37(33,48-28)31(30)34(41)44/h5-8,10-12,14-19,22-23,27-28,30-33,42H,4,9,13,20-21H2,1-3H3,(H,39,43)/b10-6-/t22-,23+,27-,28-,30+,31+,32-,33-,37+/m0/s1. The van der Waals surface area contributed by atoms with Crippen LogP contribution in [0.2, 0.25) is 5.02 Å². The molecule has 3 amide bonds. The molecule has 1 spiro atoms. The molecule has 4 aliphatic heterocycles. The molecule has 0 aromatic heterocycles. The average molecular weight is 676 g/mol. The molecule has 4 aliphatic rings. The highest BCUT2D eigenvalue weighted by Gasteiger charge is 2.74. The Morgan fingerprint density at radius 2 is 1.77 bits per heavy atom. The molecule has 6 rings (SSSR count). The van der Waals surface area contributed by atoms with E-state index in [-0.39, 0.29) is 31.4 Å². The van der Waals surface area contributed by atoms with Crippen molar-refractivity contribution in [2.75, 3.05) is 18.1 Å². The molecule has 2 fully saturated rings. The van der Waals surface area contributed by atoms with E-state index in [4.69, 9.17) is 21.1 Å². The summed E-state index contributed by atoms with van der Waals surface area (Å²) < 4.78 is 12.8. The topological polar surface area (TPSA) is 125 Å². The molecule has 2 N–H and O–H groups in total. The highest BCUT2D eigenvalue weighted by molar-refractivity contribution is 6.30. The summed E-state index contributed by atoms with van der Waals surface area (Å²) in [5.41, 5.74) is -0.226. The highest BCUT2D eigenvalue weighted by atomic mass is 35.5. The molecule has 48 heavy (non-hydrogen) atoms. The van der Waals surface area contributed by atoms with Gasteiger partial charge in [0.2, 0.25) is 11.8 Å². The smallest absolute Gasteiger partial charge is 0.313 e. The van der Waals surface area contributed by atoms with Crippen LogP contribution >= 0.6 is 11.6 Å². The summed E-state index contributed by atoms with van der Waals surface area (Å²) in [5.74, 6) is -4.00. The fourth-order valence-corrected chi connectivity index (χ4v) is 7.77. The number of carbonyl (C=O) groups excluding carboxylic acids is 4. The van der Waals surface area contributed by atoms with Crippen molar-refractivity contribution in [3.8, 4) is 0 Å². The summed E-state index contributed by atoms with van der Waals surface area (Å²) in [6.07, 6.45) is 6.75. The van der Waals surface area contributed by atoms with Crippen LogP contribution < -0.4 is 10.2 Å². The van der Waals surface area contributed by atoms with Gasteiger partial charge in [0.05, 0.1) is 30.7 Å². The fraction of sp³-hybridized carbons (Fsp3) is 0.459. The van der Waals surface area contributed by atoms with Gasteiger partial charge in [0.15, 0.2) is 0 Å². The third-order valence-electron chi connectivity index (χ3n) is 10.3. The first-order chi connectivity index (χ1) is 23.1. The minimum atomic E-state index is -1.46. The summed E-state index contributed by atoms with van der Waals surface area (Å²) in [6, 6.07) is 13.5. The number of hydrogen-bond donors (Lipinski definition) is 2. The SMILES string of the molecule is CC[C@H](C)[C@H](CO)N1C(=O)[C@H]2[C@@H]3C(=O)O[C@H](c4ccccc4)[C@@H](C)NC(=O)CC/C=C\CN(c4ccc(Cl)cc4)C(=O)[C@H]1[C@@]21C=C[C@@H]3O1. The molecule has 5 bridgehead atoms. The Labute approximate surface area is 285 Å². The maximum absolute atomic E-state index is 15.0. The number of hydrogen-bond acceptors (Lipinski definition) is 7. The van der Waals surface area contributed by atoms with Crippen molar-refractivity contribution in [2.45, 2.75) is 76.0 Å². The van der Waals surface area contributed by atoms with Crippen LogP contribution in [-0.2, 0) is 28.7 Å². The van der Waals surface area contributed by atoms with Crippen molar-refractivity contribution >= 4 is 41.0 Å². The molecular formula is C37H42ClN3O7. The van der Waals surface area contributed by atoms with Gasteiger partial charge in [-0.2, -0.15) is 0 Å². The molecule has 0 unspecified atom stereocenters. The number of rotatable bonds is 6. The lowest BCUT2D eigenvalue weighted by molar-refractivity contribution is -0.161. The van der Waals surface area contributed by atoms with Gasteiger partial charge >= 0.3 is 5.97 Å². The van der Waals surface area contributed by atoms with E-state index in [1.54, 1.807) is 48.2 Å². The number of fused-ring (bicyclic) bond motifs is 2. The number of anilines is 1. The predicted octanol–water partition coefficient (Wildman–Crippen LogP) is 4.37. The van der Waals surface area contributed by atoms with Crippen LogP contribution in [0.3, 0.4) is 0 Å². The average Bonchev–Trinajstić information content (AvgIpc) is 3.73. The van der Waals surface area contributed by atoms with Gasteiger partial charge in [-0.15, -0.1) is 0 Å². The molecule has 0 aliphatic carbocycles. The molecule has 4 heterocycles. The van der Waals surface area contributed by atoms with Gasteiger partial charge in [-0.25, -0.2) is 0 Å². The monoisotopic (exact) mass is 675 g/mol. The van der Waals surface area contributed by atoms with Gasteiger partial charge in [-0.1, -0.05) is 86.5 Å². The fourth-order valence-electron chi connectivity index (χ4n) is 7.64. The second-order valence-corrected chi connectivity index (χ2v) is 13.6. The van der Waals surface area contributed by atoms with Crippen LogP contribution in [0.15, 0.2) is 78.9 Å². The summed E-state index contributed by atoms with van der Waals surface area (Å²) in [4.78, 5) is 60.0. The molecule has 0 radical (unpaired) electrons. The first-order valence-corrected chi connectivity index (χ1v) is 17.1. The molecule has 2 saturated heterocycles. The molecule has 254 valence electrons. The summed E-state index contributed by atoms with van der Waals surface area (Å²) >= 11 is 6.20. The van der Waals surface area contributed by atoms with E-state index in [1.165, 1.54) is 4.90 Å². The maximum Gasteiger partial charge on any atom is 0.313 e. The summed E-state index contributed by atoms with van der Waals surface area (Å²) in [7, 11) is 0. The first kappa shape index (κ1) is 33.9. The van der Waals surface area contributed by atoms with Crippen molar-refractivity contribution in [3.63, 3.8) is 0 Å². The first-order valence-electron chi connectivity index (χ1n) is 16.7. The van der Waals surface area contributed by atoms with Crippen molar-refractivity contribution in [3.05, 3.63) is 89.5 Å². The molecule has 2 aromatic rings. The molecule has 9 atom stereocenters. The number of aliphatic hydroxyl groups excluding tert-OH is 1. The second-order valence-electron chi connectivity index (χ2n) is 13.1. The van der Waals surface area contributed by atoms with E-state index in [0.717, 1.165) is 0 Å². The molecule has 11 heteroatoms. The molecule has 10 nitrogen and oxygen atoms in total. The number of nitrogens with one attached hydrogen (secondary N) is 1. The van der Waals surface area contributed by atoms with Crippen LogP contribution in [0, 0.1) is 17.8 Å². The second kappa shape index (κ2) is 13.9. The van der Waals surface area contributed by atoms with E-state index in [2.05, 4.69) is 5.32 Å². The number of esters is 1. The zero-order chi connectivity index (χ0) is 34.2. The van der Waals surface area contributed by atoms with Gasteiger partial charge in [0.25, 0.3) is 5.91 Å². The normalized spacial score (nSPS) is 32.5. The third kappa shape index (κ3) is 5.95. The zero-order valence-corrected chi connectivity index (χ0v) is 28.1. The van der Waals surface area contributed by atoms with E-state index in [0.29, 0.717) is 29.1 Å². The number of likely N-dealkylation sites (tertiary alicyclic amines) is 1. The number of amides is 3. The molecular weight excluding hydrogens is 634 g/mol. The minimum Gasteiger partial charge on any atom is -0.455 e. The lowest BCUT2D eigenvalue weighted by atomic mass is 9.74. The molecule has 2 aromatic carbocycles. The number of halogens is 1. The number of nitrogens with zero attached hydrogens (tertiary/aromatic N) is 2. The van der Waals surface area contributed by atoms with E-state index in [1.807, 2.05) is 56.3 Å². The van der Waals surface area contributed by atoms with Crippen LogP contribution in [0.5, 0.6) is 0 Å². The predicted molar refractivity (Wildman–Crippen MR) is 180 cm³/mol. The summed E-state index contributed by atoms with van der Waals surface area (Å²) in [6.45, 7) is 5.44. The van der Waals surface area contributed by atoms with Gasteiger partial charge in [-0.05, 0) is 49.1 Å². The highest BCUT2D eigenvalue weighted by Crippen LogP contribution is 2.56. The van der Waals surface area contributed by atoms with Crippen LogP contribution in [0.25, 0.3) is 0 Å². The third-order valence-corrected chi connectivity index (χ3v) is 10.5. The van der Waals surface area contributed by atoms with Gasteiger partial charge in [-0.3, -0.25) is 19.2 Å². The van der Waals surface area contributed by atoms with Crippen LogP contribution in [-0.4, -0.2) is 76.7 Å². The number of ether oxygens (including phenoxy) is 2. The minimum absolute atomic E-state index is 0.138. The van der Waals surface area contributed by atoms with Gasteiger partial charge in [0, 0.05) is 23.7 Å². The van der Waals surface area contributed by atoms with Gasteiger partial charge in [0.1, 0.15) is 23.7 Å². The Morgan fingerprint density at radius 1 is 1.04 bits per heavy atom. The van der Waals surface area contributed by atoms with E-state index >= 15 is 0 Å². The number of aliphatic hydroxyl groups is 1. The lowest BCUT2D eigenvalue weighted by Crippen LogP contribution is -2.59. The Hall–Kier alpha value is -3.99. The van der Waals surface area contributed by atoms with Crippen molar-refractivity contribution < 1.29 is 33.8 Å². The largest absolute Gasteiger partial charge is 0.455 e. The number of carbonyl (C=O) groups is 4. The number of benzene rings is 2. The van der Waals surface area contributed by atoms with E-state index in [9.17, 15) is 24.3 Å².